The van der Waals surface area contributed by atoms with E-state index in [1.807, 2.05) is 19.1 Å². The highest BCUT2D eigenvalue weighted by Gasteiger charge is 2.20. The molecule has 1 aliphatic rings. The third-order valence-corrected chi connectivity index (χ3v) is 4.25. The zero-order valence-corrected chi connectivity index (χ0v) is 13.9. The van der Waals surface area contributed by atoms with Gasteiger partial charge in [-0.1, -0.05) is 42.5 Å². The van der Waals surface area contributed by atoms with Crippen LogP contribution in [0, 0.1) is 0 Å². The summed E-state index contributed by atoms with van der Waals surface area (Å²) in [5.41, 5.74) is 4.74. The Labute approximate surface area is 142 Å². The molecule has 2 aromatic carbocycles. The quantitative estimate of drug-likeness (QED) is 0.656. The largest absolute Gasteiger partial charge is 0.367 e. The summed E-state index contributed by atoms with van der Waals surface area (Å²) in [6.07, 6.45) is 0.989. The Hall–Kier alpha value is -2.53. The maximum Gasteiger partial charge on any atom is 0.341 e. The standard InChI is InChI=1S/C19H23N3O2/c1-2-20-19(23)22(24)14-16-8-9-18-17(12-16)10-11-21(18)13-15-6-4-3-5-7-15/h3-9,12,24H,2,10-11,13-14H2,1H3,(H,20,23). The van der Waals surface area contributed by atoms with Crippen molar-refractivity contribution in [1.29, 1.82) is 0 Å². The van der Waals surface area contributed by atoms with E-state index in [1.165, 1.54) is 16.8 Å². The van der Waals surface area contributed by atoms with Gasteiger partial charge in [0, 0.05) is 25.3 Å². The van der Waals surface area contributed by atoms with E-state index in [0.29, 0.717) is 6.54 Å². The molecule has 1 aliphatic heterocycles. The first kappa shape index (κ1) is 16.3. The van der Waals surface area contributed by atoms with Crippen LogP contribution in [0.4, 0.5) is 10.5 Å². The molecule has 0 unspecified atom stereocenters. The Morgan fingerprint density at radius 2 is 2.00 bits per heavy atom. The molecule has 5 heteroatoms. The van der Waals surface area contributed by atoms with Crippen LogP contribution in [-0.2, 0) is 19.5 Å². The van der Waals surface area contributed by atoms with Gasteiger partial charge in [-0.05, 0) is 36.1 Å². The van der Waals surface area contributed by atoms with E-state index in [-0.39, 0.29) is 6.54 Å². The summed E-state index contributed by atoms with van der Waals surface area (Å²) in [7, 11) is 0. The number of nitrogens with zero attached hydrogens (tertiary/aromatic N) is 2. The van der Waals surface area contributed by atoms with Crippen LogP contribution >= 0.6 is 0 Å². The third-order valence-electron chi connectivity index (χ3n) is 4.25. The van der Waals surface area contributed by atoms with Gasteiger partial charge < -0.3 is 10.2 Å². The summed E-state index contributed by atoms with van der Waals surface area (Å²) in [5, 5.41) is 13.1. The zero-order valence-electron chi connectivity index (χ0n) is 13.9. The molecule has 0 aromatic heterocycles. The molecule has 5 nitrogen and oxygen atoms in total. The van der Waals surface area contributed by atoms with E-state index in [0.717, 1.165) is 30.1 Å². The molecule has 0 atom stereocenters. The van der Waals surface area contributed by atoms with Crippen LogP contribution in [0.1, 0.15) is 23.6 Å². The number of rotatable bonds is 5. The highest BCUT2D eigenvalue weighted by Crippen LogP contribution is 2.30. The number of anilines is 1. The van der Waals surface area contributed by atoms with Crippen molar-refractivity contribution in [2.75, 3.05) is 18.0 Å². The fourth-order valence-corrected chi connectivity index (χ4v) is 3.08. The summed E-state index contributed by atoms with van der Waals surface area (Å²) in [6.45, 7) is 4.40. The van der Waals surface area contributed by atoms with Crippen molar-refractivity contribution in [1.82, 2.24) is 10.4 Å². The lowest BCUT2D eigenvalue weighted by Crippen LogP contribution is -2.37. The number of hydroxylamine groups is 2. The van der Waals surface area contributed by atoms with Gasteiger partial charge in [0.25, 0.3) is 0 Å². The molecule has 2 aromatic rings. The lowest BCUT2D eigenvalue weighted by atomic mass is 10.1. The molecular weight excluding hydrogens is 302 g/mol. The number of urea groups is 1. The predicted octanol–water partition coefficient (Wildman–Crippen LogP) is 3.17. The molecule has 0 saturated carbocycles. The van der Waals surface area contributed by atoms with Crippen molar-refractivity contribution in [3.8, 4) is 0 Å². The van der Waals surface area contributed by atoms with Gasteiger partial charge in [-0.15, -0.1) is 0 Å². The van der Waals surface area contributed by atoms with Crippen LogP contribution < -0.4 is 10.2 Å². The molecule has 3 rings (SSSR count). The van der Waals surface area contributed by atoms with Crippen LogP contribution in [0.25, 0.3) is 0 Å². The van der Waals surface area contributed by atoms with Crippen LogP contribution in [0.5, 0.6) is 0 Å². The Morgan fingerprint density at radius 3 is 2.75 bits per heavy atom. The number of carbonyl (C=O) groups excluding carboxylic acids is 1. The van der Waals surface area contributed by atoms with Gasteiger partial charge in [0.2, 0.25) is 0 Å². The first-order valence-corrected chi connectivity index (χ1v) is 8.32. The lowest BCUT2D eigenvalue weighted by Gasteiger charge is -2.20. The smallest absolute Gasteiger partial charge is 0.341 e. The zero-order chi connectivity index (χ0) is 16.9. The predicted molar refractivity (Wildman–Crippen MR) is 94.0 cm³/mol. The minimum Gasteiger partial charge on any atom is -0.367 e. The van der Waals surface area contributed by atoms with E-state index >= 15 is 0 Å². The van der Waals surface area contributed by atoms with Crippen molar-refractivity contribution in [2.45, 2.75) is 26.4 Å². The molecule has 0 bridgehead atoms. The second-order valence-electron chi connectivity index (χ2n) is 6.01. The highest BCUT2D eigenvalue weighted by atomic mass is 16.5. The number of nitrogens with one attached hydrogen (secondary N) is 1. The van der Waals surface area contributed by atoms with Crippen molar-refractivity contribution >= 4 is 11.7 Å². The minimum atomic E-state index is -0.469. The van der Waals surface area contributed by atoms with Crippen LogP contribution in [-0.4, -0.2) is 29.4 Å². The molecule has 1 heterocycles. The average Bonchev–Trinajstić information content (AvgIpc) is 2.98. The van der Waals surface area contributed by atoms with Crippen molar-refractivity contribution in [3.05, 3.63) is 65.2 Å². The molecular formula is C19H23N3O2. The number of hydrogen-bond donors (Lipinski definition) is 2. The van der Waals surface area contributed by atoms with E-state index in [1.54, 1.807) is 0 Å². The first-order chi connectivity index (χ1) is 11.7. The summed E-state index contributed by atoms with van der Waals surface area (Å²) in [4.78, 5) is 14.0. The molecule has 0 saturated heterocycles. The average molecular weight is 325 g/mol. The topological polar surface area (TPSA) is 55.8 Å². The minimum absolute atomic E-state index is 0.192. The normalized spacial score (nSPS) is 12.8. The summed E-state index contributed by atoms with van der Waals surface area (Å²) in [6, 6.07) is 16.1. The van der Waals surface area contributed by atoms with Gasteiger partial charge in [0.15, 0.2) is 0 Å². The van der Waals surface area contributed by atoms with E-state index in [9.17, 15) is 10.0 Å². The van der Waals surface area contributed by atoms with E-state index in [2.05, 4.69) is 46.6 Å². The Bertz CT molecular complexity index is 703. The van der Waals surface area contributed by atoms with Crippen LogP contribution in [0.3, 0.4) is 0 Å². The number of hydrogen-bond acceptors (Lipinski definition) is 3. The third kappa shape index (κ3) is 3.68. The number of carbonyl (C=O) groups is 1. The maximum atomic E-state index is 11.6. The second kappa shape index (κ2) is 7.36. The molecule has 0 aliphatic carbocycles. The van der Waals surface area contributed by atoms with Gasteiger partial charge in [-0.2, -0.15) is 0 Å². The van der Waals surface area contributed by atoms with E-state index in [4.69, 9.17) is 0 Å². The summed E-state index contributed by atoms with van der Waals surface area (Å²) < 4.78 is 0. The lowest BCUT2D eigenvalue weighted by molar-refractivity contribution is -0.0506. The van der Waals surface area contributed by atoms with Crippen LogP contribution in [0.2, 0.25) is 0 Å². The highest BCUT2D eigenvalue weighted by molar-refractivity contribution is 5.72. The van der Waals surface area contributed by atoms with Gasteiger partial charge in [0.05, 0.1) is 6.54 Å². The molecule has 0 radical (unpaired) electrons. The Balaban J connectivity index is 1.68. The number of amides is 2. The molecule has 0 spiro atoms. The Kier molecular flexibility index (Phi) is 5.01. The molecule has 24 heavy (non-hydrogen) atoms. The van der Waals surface area contributed by atoms with Gasteiger partial charge in [-0.3, -0.25) is 5.21 Å². The van der Waals surface area contributed by atoms with Gasteiger partial charge in [-0.25, -0.2) is 9.86 Å². The molecule has 126 valence electrons. The molecule has 2 amide bonds. The first-order valence-electron chi connectivity index (χ1n) is 8.32. The van der Waals surface area contributed by atoms with Gasteiger partial charge >= 0.3 is 6.03 Å². The summed E-state index contributed by atoms with van der Waals surface area (Å²) >= 11 is 0. The fraction of sp³-hybridized carbons (Fsp3) is 0.316. The summed E-state index contributed by atoms with van der Waals surface area (Å²) in [5.74, 6) is 0. The van der Waals surface area contributed by atoms with Crippen molar-refractivity contribution in [3.63, 3.8) is 0 Å². The maximum absolute atomic E-state index is 11.6. The second-order valence-corrected chi connectivity index (χ2v) is 6.01. The fourth-order valence-electron chi connectivity index (χ4n) is 3.08. The van der Waals surface area contributed by atoms with Gasteiger partial charge in [0.1, 0.15) is 0 Å². The Morgan fingerprint density at radius 1 is 1.21 bits per heavy atom. The van der Waals surface area contributed by atoms with Crippen molar-refractivity contribution < 1.29 is 10.0 Å². The number of fused-ring (bicyclic) bond motifs is 1. The monoisotopic (exact) mass is 325 g/mol. The molecule has 0 fully saturated rings. The van der Waals surface area contributed by atoms with Crippen LogP contribution in [0.15, 0.2) is 48.5 Å². The SMILES string of the molecule is CCNC(=O)N(O)Cc1ccc2c(c1)CCN2Cc1ccccc1. The molecule has 2 N–H and O–H groups in total. The van der Waals surface area contributed by atoms with Crippen molar-refractivity contribution in [2.24, 2.45) is 0 Å². The van der Waals surface area contributed by atoms with E-state index < -0.39 is 6.03 Å². The number of benzene rings is 2.